The second-order valence-electron chi connectivity index (χ2n) is 6.75. The van der Waals surface area contributed by atoms with E-state index in [0.29, 0.717) is 5.92 Å². The molecule has 130 valence electrons. The van der Waals surface area contributed by atoms with Gasteiger partial charge in [-0.3, -0.25) is 9.78 Å². The van der Waals surface area contributed by atoms with E-state index in [4.69, 9.17) is 0 Å². The number of hydrogen-bond acceptors (Lipinski definition) is 3. The molecule has 2 heterocycles. The zero-order chi connectivity index (χ0) is 17.8. The van der Waals surface area contributed by atoms with Crippen LogP contribution in [0, 0.1) is 0 Å². The zero-order valence-electron chi connectivity index (χ0n) is 13.7. The number of fused-ring (bicyclic) bond motifs is 1. The van der Waals surface area contributed by atoms with E-state index in [0.717, 1.165) is 29.0 Å². The summed E-state index contributed by atoms with van der Waals surface area (Å²) in [6.45, 7) is 1.48. The van der Waals surface area contributed by atoms with E-state index in [1.54, 1.807) is 18.3 Å². The summed E-state index contributed by atoms with van der Waals surface area (Å²) in [4.78, 5) is 17.8. The fourth-order valence-corrected chi connectivity index (χ4v) is 3.39. The highest BCUT2D eigenvalue weighted by Crippen LogP contribution is 2.48. The molecule has 6 heteroatoms. The Balaban J connectivity index is 1.73. The smallest absolute Gasteiger partial charge is 0.352 e. The molecular formula is C19H18F2N2O2. The van der Waals surface area contributed by atoms with Crippen molar-refractivity contribution in [2.75, 3.05) is 4.90 Å². The maximum absolute atomic E-state index is 14.6. The molecule has 2 aromatic rings. The first kappa shape index (κ1) is 16.1. The Labute approximate surface area is 144 Å². The van der Waals surface area contributed by atoms with Crippen LogP contribution in [0.25, 0.3) is 0 Å². The molecule has 1 atom stereocenters. The van der Waals surface area contributed by atoms with Crippen molar-refractivity contribution in [1.82, 2.24) is 4.98 Å². The summed E-state index contributed by atoms with van der Waals surface area (Å²) in [5.41, 5.74) is 1.60. The highest BCUT2D eigenvalue weighted by atomic mass is 19.3. The number of amides is 1. The van der Waals surface area contributed by atoms with Crippen LogP contribution in [0.4, 0.5) is 14.5 Å². The highest BCUT2D eigenvalue weighted by molar-refractivity contribution is 6.06. The average Bonchev–Trinajstić information content (AvgIpc) is 3.41. The SMILES string of the molecule is C[C@H](O)c1cccc2c1C(F)(F)C(=O)N2Cc1ccnc(C2CC2)c1. The summed E-state index contributed by atoms with van der Waals surface area (Å²) >= 11 is 0. The average molecular weight is 344 g/mol. The van der Waals surface area contributed by atoms with Gasteiger partial charge < -0.3 is 10.0 Å². The molecule has 0 bridgehead atoms. The van der Waals surface area contributed by atoms with Crippen LogP contribution in [0.3, 0.4) is 0 Å². The first-order chi connectivity index (χ1) is 11.9. The Morgan fingerprint density at radius 2 is 2.12 bits per heavy atom. The number of hydrogen-bond donors (Lipinski definition) is 1. The Kier molecular flexibility index (Phi) is 3.61. The van der Waals surface area contributed by atoms with Gasteiger partial charge in [0, 0.05) is 17.8 Å². The van der Waals surface area contributed by atoms with Gasteiger partial charge in [0.2, 0.25) is 0 Å². The number of alkyl halides is 2. The predicted molar refractivity (Wildman–Crippen MR) is 88.4 cm³/mol. The fourth-order valence-electron chi connectivity index (χ4n) is 3.39. The third kappa shape index (κ3) is 2.61. The standard InChI is InChI=1S/C19H18F2N2O2/c1-11(24)14-3-2-4-16-17(14)19(20,21)18(25)23(16)10-12-7-8-22-15(9-12)13-5-6-13/h2-4,7-9,11,13,24H,5-6,10H2,1H3/t11-/m0/s1. The number of benzene rings is 1. The van der Waals surface area contributed by atoms with Gasteiger partial charge >= 0.3 is 11.8 Å². The van der Waals surface area contributed by atoms with Crippen molar-refractivity contribution in [3.63, 3.8) is 0 Å². The van der Waals surface area contributed by atoms with Crippen LogP contribution in [0.2, 0.25) is 0 Å². The number of rotatable bonds is 4. The van der Waals surface area contributed by atoms with E-state index >= 15 is 0 Å². The Morgan fingerprint density at radius 1 is 1.36 bits per heavy atom. The number of aliphatic hydroxyl groups excluding tert-OH is 1. The molecule has 25 heavy (non-hydrogen) atoms. The lowest BCUT2D eigenvalue weighted by Crippen LogP contribution is -2.34. The molecule has 0 saturated heterocycles. The third-order valence-corrected chi connectivity index (χ3v) is 4.83. The normalized spacial score (nSPS) is 19.8. The van der Waals surface area contributed by atoms with Crippen LogP contribution in [0.1, 0.15) is 54.2 Å². The van der Waals surface area contributed by atoms with E-state index in [1.807, 2.05) is 6.07 Å². The lowest BCUT2D eigenvalue weighted by Gasteiger charge is -2.18. The van der Waals surface area contributed by atoms with Gasteiger partial charge in [0.1, 0.15) is 0 Å². The maximum Gasteiger partial charge on any atom is 0.352 e. The van der Waals surface area contributed by atoms with E-state index < -0.39 is 17.9 Å². The first-order valence-corrected chi connectivity index (χ1v) is 8.35. The van der Waals surface area contributed by atoms with E-state index in [2.05, 4.69) is 4.98 Å². The molecule has 1 aliphatic heterocycles. The number of nitrogens with zero attached hydrogens (tertiary/aromatic N) is 2. The van der Waals surface area contributed by atoms with Crippen LogP contribution >= 0.6 is 0 Å². The third-order valence-electron chi connectivity index (χ3n) is 4.83. The predicted octanol–water partition coefficient (Wildman–Crippen LogP) is 3.65. The minimum Gasteiger partial charge on any atom is -0.389 e. The Hall–Kier alpha value is -2.34. The van der Waals surface area contributed by atoms with Crippen molar-refractivity contribution < 1.29 is 18.7 Å². The number of aromatic nitrogens is 1. The topological polar surface area (TPSA) is 53.4 Å². The molecule has 0 spiro atoms. The van der Waals surface area contributed by atoms with Crippen LogP contribution in [-0.2, 0) is 17.3 Å². The largest absolute Gasteiger partial charge is 0.389 e. The van der Waals surface area contributed by atoms with Crippen LogP contribution in [0.5, 0.6) is 0 Å². The molecule has 2 aliphatic rings. The molecule has 1 aromatic carbocycles. The number of pyridine rings is 1. The van der Waals surface area contributed by atoms with Gasteiger partial charge in [0.25, 0.3) is 0 Å². The monoisotopic (exact) mass is 344 g/mol. The van der Waals surface area contributed by atoms with Crippen molar-refractivity contribution in [2.24, 2.45) is 0 Å². The van der Waals surface area contributed by atoms with Crippen molar-refractivity contribution in [2.45, 2.75) is 44.3 Å². The second kappa shape index (κ2) is 5.59. The molecule has 1 aromatic heterocycles. The summed E-state index contributed by atoms with van der Waals surface area (Å²) in [6, 6.07) is 8.16. The fraction of sp³-hybridized carbons (Fsp3) is 0.368. The lowest BCUT2D eigenvalue weighted by molar-refractivity contribution is -0.141. The summed E-state index contributed by atoms with van der Waals surface area (Å²) in [6.07, 6.45) is 2.78. The van der Waals surface area contributed by atoms with E-state index in [-0.39, 0.29) is 23.4 Å². The molecule has 1 aliphatic carbocycles. The number of aliphatic hydroxyl groups is 1. The van der Waals surface area contributed by atoms with Gasteiger partial charge in [-0.1, -0.05) is 12.1 Å². The summed E-state index contributed by atoms with van der Waals surface area (Å²) in [5, 5.41) is 9.82. The Bertz CT molecular complexity index is 847. The van der Waals surface area contributed by atoms with Gasteiger partial charge in [0.15, 0.2) is 0 Å². The van der Waals surface area contributed by atoms with Crippen molar-refractivity contribution >= 4 is 11.6 Å². The molecule has 0 radical (unpaired) electrons. The number of carbonyl (C=O) groups is 1. The second-order valence-corrected chi connectivity index (χ2v) is 6.75. The number of carbonyl (C=O) groups excluding carboxylic acids is 1. The number of halogens is 2. The summed E-state index contributed by atoms with van der Waals surface area (Å²) < 4.78 is 29.2. The molecular weight excluding hydrogens is 326 g/mol. The van der Waals surface area contributed by atoms with Gasteiger partial charge in [-0.25, -0.2) is 0 Å². The van der Waals surface area contributed by atoms with Gasteiger partial charge in [-0.05, 0) is 49.1 Å². The quantitative estimate of drug-likeness (QED) is 0.921. The first-order valence-electron chi connectivity index (χ1n) is 8.35. The zero-order valence-corrected chi connectivity index (χ0v) is 13.7. The van der Waals surface area contributed by atoms with E-state index in [1.165, 1.54) is 19.1 Å². The van der Waals surface area contributed by atoms with Crippen LogP contribution in [0.15, 0.2) is 36.5 Å². The minimum absolute atomic E-state index is 0.0624. The van der Waals surface area contributed by atoms with E-state index in [9.17, 15) is 18.7 Å². The Morgan fingerprint density at radius 3 is 2.80 bits per heavy atom. The van der Waals surface area contributed by atoms with Gasteiger partial charge in [0.05, 0.1) is 23.9 Å². The lowest BCUT2D eigenvalue weighted by atomic mass is 9.98. The van der Waals surface area contributed by atoms with Crippen molar-refractivity contribution in [3.8, 4) is 0 Å². The summed E-state index contributed by atoms with van der Waals surface area (Å²) in [5.74, 6) is -4.43. The minimum atomic E-state index is -3.63. The highest BCUT2D eigenvalue weighted by Gasteiger charge is 2.54. The molecule has 0 unspecified atom stereocenters. The van der Waals surface area contributed by atoms with Crippen molar-refractivity contribution in [1.29, 1.82) is 0 Å². The molecule has 1 fully saturated rings. The number of anilines is 1. The van der Waals surface area contributed by atoms with Crippen LogP contribution < -0.4 is 4.90 Å². The van der Waals surface area contributed by atoms with Crippen LogP contribution in [-0.4, -0.2) is 16.0 Å². The van der Waals surface area contributed by atoms with Gasteiger partial charge in [-0.15, -0.1) is 0 Å². The molecule has 4 rings (SSSR count). The molecule has 1 saturated carbocycles. The van der Waals surface area contributed by atoms with Crippen molar-refractivity contribution in [3.05, 3.63) is 58.9 Å². The molecule has 1 N–H and O–H groups in total. The molecule has 4 nitrogen and oxygen atoms in total. The van der Waals surface area contributed by atoms with Gasteiger partial charge in [-0.2, -0.15) is 8.78 Å². The summed E-state index contributed by atoms with van der Waals surface area (Å²) in [7, 11) is 0. The molecule has 1 amide bonds. The maximum atomic E-state index is 14.6.